The number of allylic oxidation sites excluding steroid dienone is 2. The molecule has 96 valence electrons. The van der Waals surface area contributed by atoms with E-state index < -0.39 is 0 Å². The number of rotatable bonds is 2. The number of aryl methyl sites for hydroxylation is 1. The highest BCUT2D eigenvalue weighted by Gasteiger charge is 2.17. The molecular weight excluding hydrogens is 252 g/mol. The molecule has 2 heterocycles. The van der Waals surface area contributed by atoms with Crippen LogP contribution in [0, 0.1) is 6.92 Å². The Morgan fingerprint density at radius 3 is 2.79 bits per heavy atom. The van der Waals surface area contributed by atoms with E-state index >= 15 is 0 Å². The predicted molar refractivity (Wildman–Crippen MR) is 81.3 cm³/mol. The summed E-state index contributed by atoms with van der Waals surface area (Å²) in [6.45, 7) is 3.14. The highest BCUT2D eigenvalue weighted by Crippen LogP contribution is 2.30. The van der Waals surface area contributed by atoms with Gasteiger partial charge in [0.2, 0.25) is 5.69 Å². The van der Waals surface area contributed by atoms with E-state index in [1.807, 2.05) is 0 Å². The van der Waals surface area contributed by atoms with Crippen molar-refractivity contribution in [2.75, 3.05) is 11.4 Å². The second kappa shape index (κ2) is 5.02. The Balaban J connectivity index is 2.07. The average molecular weight is 269 g/mol. The van der Waals surface area contributed by atoms with E-state index in [1.54, 1.807) is 11.5 Å². The first-order valence-corrected chi connectivity index (χ1v) is 7.25. The van der Waals surface area contributed by atoms with Gasteiger partial charge < -0.3 is 4.90 Å². The summed E-state index contributed by atoms with van der Waals surface area (Å²) in [7, 11) is 2.11. The molecule has 19 heavy (non-hydrogen) atoms. The fraction of sp³-hybridized carbons (Fsp3) is 0.188. The summed E-state index contributed by atoms with van der Waals surface area (Å²) in [5, 5.41) is 2.13. The van der Waals surface area contributed by atoms with Crippen LogP contribution >= 0.6 is 11.5 Å². The zero-order valence-electron chi connectivity index (χ0n) is 11.2. The van der Waals surface area contributed by atoms with Crippen molar-refractivity contribution in [1.82, 2.24) is 0 Å². The molecule has 3 heteroatoms. The van der Waals surface area contributed by atoms with Crippen molar-refractivity contribution in [3.63, 3.8) is 0 Å². The Bertz CT molecular complexity index is 653. The van der Waals surface area contributed by atoms with Gasteiger partial charge in [-0.15, -0.1) is 3.96 Å². The van der Waals surface area contributed by atoms with Gasteiger partial charge in [0.1, 0.15) is 11.5 Å². The number of anilines is 1. The predicted octanol–water partition coefficient (Wildman–Crippen LogP) is 3.44. The van der Waals surface area contributed by atoms with E-state index in [2.05, 4.69) is 76.9 Å². The monoisotopic (exact) mass is 269 g/mol. The van der Waals surface area contributed by atoms with E-state index in [1.165, 1.54) is 22.5 Å². The van der Waals surface area contributed by atoms with Crippen LogP contribution in [0.3, 0.4) is 0 Å². The van der Waals surface area contributed by atoms with Crippen LogP contribution in [0.4, 0.5) is 5.69 Å². The Morgan fingerprint density at radius 1 is 1.21 bits per heavy atom. The Kier molecular flexibility index (Phi) is 3.22. The van der Waals surface area contributed by atoms with Crippen LogP contribution < -0.4 is 8.86 Å². The lowest BCUT2D eigenvalue weighted by Gasteiger charge is -2.23. The standard InChI is InChI=1S/C16H17N2S/c1-13-14(16-9-12-19-17(16)2)7-6-8-15(13)18-10-4-3-5-11-18/h3-10,12H,11H2,1-2H3/q+1. The second-order valence-electron chi connectivity index (χ2n) is 4.66. The number of nitrogens with zero attached hydrogens (tertiary/aromatic N) is 2. The highest BCUT2D eigenvalue weighted by molar-refractivity contribution is 6.99. The van der Waals surface area contributed by atoms with Crippen LogP contribution in [0.15, 0.2) is 54.1 Å². The normalized spacial score (nSPS) is 14.1. The van der Waals surface area contributed by atoms with Gasteiger partial charge in [-0.2, -0.15) is 0 Å². The van der Waals surface area contributed by atoms with E-state index in [4.69, 9.17) is 0 Å². The lowest BCUT2D eigenvalue weighted by atomic mass is 10.0. The molecule has 0 unspecified atom stereocenters. The van der Waals surface area contributed by atoms with Crippen molar-refractivity contribution in [2.24, 2.45) is 7.05 Å². The van der Waals surface area contributed by atoms with E-state index in [9.17, 15) is 0 Å². The van der Waals surface area contributed by atoms with Crippen LogP contribution in [0.2, 0.25) is 0 Å². The molecule has 0 atom stereocenters. The lowest BCUT2D eigenvalue weighted by Crippen LogP contribution is -2.24. The maximum atomic E-state index is 2.28. The summed E-state index contributed by atoms with van der Waals surface area (Å²) in [6, 6.07) is 8.71. The molecule has 1 aromatic heterocycles. The summed E-state index contributed by atoms with van der Waals surface area (Å²) >= 11 is 1.73. The van der Waals surface area contributed by atoms with Crippen LogP contribution in [0.25, 0.3) is 11.3 Å². The quantitative estimate of drug-likeness (QED) is 0.758. The van der Waals surface area contributed by atoms with Gasteiger partial charge >= 0.3 is 0 Å². The molecule has 0 amide bonds. The third kappa shape index (κ3) is 2.22. The Labute approximate surface area is 118 Å². The van der Waals surface area contributed by atoms with E-state index in [-0.39, 0.29) is 0 Å². The van der Waals surface area contributed by atoms with Crippen molar-refractivity contribution in [3.8, 4) is 11.3 Å². The van der Waals surface area contributed by atoms with Crippen LogP contribution in [0.5, 0.6) is 0 Å². The summed E-state index contributed by atoms with van der Waals surface area (Å²) < 4.78 is 2.21. The van der Waals surface area contributed by atoms with Gasteiger partial charge in [0.25, 0.3) is 0 Å². The van der Waals surface area contributed by atoms with Gasteiger partial charge in [0.05, 0.1) is 10.9 Å². The van der Waals surface area contributed by atoms with Crippen molar-refractivity contribution in [3.05, 3.63) is 59.6 Å². The summed E-state index contributed by atoms with van der Waals surface area (Å²) in [5.74, 6) is 0. The van der Waals surface area contributed by atoms with Gasteiger partial charge in [-0.1, -0.05) is 18.2 Å². The maximum absolute atomic E-state index is 2.28. The van der Waals surface area contributed by atoms with Crippen molar-refractivity contribution >= 4 is 17.2 Å². The number of aromatic nitrogens is 1. The topological polar surface area (TPSA) is 7.12 Å². The molecule has 0 saturated heterocycles. The van der Waals surface area contributed by atoms with Crippen molar-refractivity contribution in [2.45, 2.75) is 6.92 Å². The molecule has 0 bridgehead atoms. The lowest BCUT2D eigenvalue weighted by molar-refractivity contribution is -0.589. The molecule has 0 spiro atoms. The zero-order valence-corrected chi connectivity index (χ0v) is 12.0. The molecular formula is C16H17N2S+. The summed E-state index contributed by atoms with van der Waals surface area (Å²) in [5.41, 5.74) is 5.20. The first kappa shape index (κ1) is 12.2. The summed E-state index contributed by atoms with van der Waals surface area (Å²) in [4.78, 5) is 2.28. The van der Waals surface area contributed by atoms with Crippen LogP contribution in [-0.2, 0) is 7.05 Å². The smallest absolute Gasteiger partial charge is 0.227 e. The first-order valence-electron chi connectivity index (χ1n) is 6.41. The molecule has 1 aliphatic rings. The molecule has 1 aromatic carbocycles. The van der Waals surface area contributed by atoms with Gasteiger partial charge in [0.15, 0.2) is 7.05 Å². The minimum Gasteiger partial charge on any atom is -0.344 e. The third-order valence-corrected chi connectivity index (χ3v) is 4.26. The first-order chi connectivity index (χ1) is 9.27. The van der Waals surface area contributed by atoms with Gasteiger partial charge in [-0.05, 0) is 30.7 Å². The second-order valence-corrected chi connectivity index (χ2v) is 5.69. The van der Waals surface area contributed by atoms with E-state index in [0.717, 1.165) is 6.54 Å². The molecule has 0 saturated carbocycles. The zero-order chi connectivity index (χ0) is 13.2. The fourth-order valence-corrected chi connectivity index (χ4v) is 3.11. The SMILES string of the molecule is Cc1c(-c2ccs[n+]2C)cccc1N1C=CC=CC1. The average Bonchev–Trinajstić information content (AvgIpc) is 2.86. The van der Waals surface area contributed by atoms with Gasteiger partial charge in [0, 0.05) is 24.5 Å². The van der Waals surface area contributed by atoms with Crippen molar-refractivity contribution in [1.29, 1.82) is 0 Å². The molecule has 3 rings (SSSR count). The molecule has 0 radical (unpaired) electrons. The number of benzene rings is 1. The molecule has 0 fully saturated rings. The molecule has 1 aliphatic heterocycles. The van der Waals surface area contributed by atoms with E-state index in [0.29, 0.717) is 0 Å². The maximum Gasteiger partial charge on any atom is 0.227 e. The largest absolute Gasteiger partial charge is 0.344 e. The molecule has 2 nitrogen and oxygen atoms in total. The van der Waals surface area contributed by atoms with Crippen molar-refractivity contribution < 1.29 is 3.96 Å². The van der Waals surface area contributed by atoms with Crippen LogP contribution in [0.1, 0.15) is 5.56 Å². The number of hydrogen-bond acceptors (Lipinski definition) is 2. The Morgan fingerprint density at radius 2 is 2.11 bits per heavy atom. The molecule has 2 aromatic rings. The summed E-state index contributed by atoms with van der Waals surface area (Å²) in [6.07, 6.45) is 8.49. The highest BCUT2D eigenvalue weighted by atomic mass is 32.1. The molecule has 0 N–H and O–H groups in total. The van der Waals surface area contributed by atoms with Crippen LogP contribution in [-0.4, -0.2) is 6.54 Å². The minimum atomic E-state index is 0.941. The minimum absolute atomic E-state index is 0.941. The Hall–Kier alpha value is -1.87. The number of hydrogen-bond donors (Lipinski definition) is 0. The fourth-order valence-electron chi connectivity index (χ4n) is 2.47. The molecule has 0 aliphatic carbocycles. The van der Waals surface area contributed by atoms with Gasteiger partial charge in [-0.3, -0.25) is 0 Å². The van der Waals surface area contributed by atoms with Gasteiger partial charge in [-0.25, -0.2) is 0 Å². The third-order valence-electron chi connectivity index (χ3n) is 3.49.